The lowest BCUT2D eigenvalue weighted by molar-refractivity contribution is 0.222. The summed E-state index contributed by atoms with van der Waals surface area (Å²) in [6.07, 6.45) is 4.14. The van der Waals surface area contributed by atoms with Gasteiger partial charge in [-0.3, -0.25) is 0 Å². The molecule has 100 valence electrons. The van der Waals surface area contributed by atoms with Crippen molar-refractivity contribution in [3.8, 4) is 0 Å². The molecule has 1 aliphatic rings. The summed E-state index contributed by atoms with van der Waals surface area (Å²) in [5, 5.41) is 0.587. The zero-order chi connectivity index (χ0) is 13.1. The number of rotatable bonds is 3. The summed E-state index contributed by atoms with van der Waals surface area (Å²) >= 11 is 5.86. The van der Waals surface area contributed by atoms with Gasteiger partial charge in [0.15, 0.2) is 5.82 Å². The Morgan fingerprint density at radius 3 is 2.78 bits per heavy atom. The van der Waals surface area contributed by atoms with Crippen molar-refractivity contribution in [1.82, 2.24) is 9.88 Å². The highest BCUT2D eigenvalue weighted by Gasteiger charge is 2.19. The molecule has 2 heterocycles. The van der Waals surface area contributed by atoms with E-state index in [0.29, 0.717) is 10.7 Å². The van der Waals surface area contributed by atoms with Gasteiger partial charge in [-0.25, -0.2) is 4.98 Å². The van der Waals surface area contributed by atoms with Crippen LogP contribution in [0.5, 0.6) is 0 Å². The van der Waals surface area contributed by atoms with Crippen LogP contribution in [-0.2, 0) is 0 Å². The number of nitrogen functional groups attached to an aromatic ring is 1. The fourth-order valence-electron chi connectivity index (χ4n) is 2.49. The second kappa shape index (κ2) is 5.76. The smallest absolute Gasteiger partial charge is 0.151 e. The molecule has 1 aliphatic heterocycles. The summed E-state index contributed by atoms with van der Waals surface area (Å²) < 4.78 is 0. The second-order valence-corrected chi connectivity index (χ2v) is 5.63. The molecular weight excluding hydrogens is 248 g/mol. The average Bonchev–Trinajstić information content (AvgIpc) is 2.32. The molecule has 0 spiro atoms. The van der Waals surface area contributed by atoms with Gasteiger partial charge in [0.25, 0.3) is 0 Å². The minimum absolute atomic E-state index is 0.587. The molecule has 0 bridgehead atoms. The first-order chi connectivity index (χ1) is 8.56. The molecule has 0 saturated carbocycles. The van der Waals surface area contributed by atoms with Crippen molar-refractivity contribution in [1.29, 1.82) is 0 Å². The summed E-state index contributed by atoms with van der Waals surface area (Å²) in [4.78, 5) is 8.84. The number of aromatic nitrogens is 1. The number of piperidine rings is 1. The predicted molar refractivity (Wildman–Crippen MR) is 77.2 cm³/mol. The Hall–Kier alpha value is -1.00. The van der Waals surface area contributed by atoms with E-state index in [0.717, 1.165) is 18.3 Å². The number of halogens is 1. The standard InChI is InChI=1S/C13H21ClN4/c1-17-5-3-10(4-6-17)9-18(2)13-12(15)7-11(14)8-16-13/h7-8,10H,3-6,9,15H2,1-2H3. The molecule has 4 nitrogen and oxygen atoms in total. The highest BCUT2D eigenvalue weighted by Crippen LogP contribution is 2.25. The van der Waals surface area contributed by atoms with E-state index in [1.807, 2.05) is 7.05 Å². The molecule has 1 fully saturated rings. The third-order valence-corrected chi connectivity index (χ3v) is 3.80. The SMILES string of the molecule is CN1CCC(CN(C)c2ncc(Cl)cc2N)CC1. The Morgan fingerprint density at radius 2 is 2.17 bits per heavy atom. The van der Waals surface area contributed by atoms with Gasteiger partial charge in [-0.05, 0) is 45.0 Å². The normalized spacial score (nSPS) is 17.9. The monoisotopic (exact) mass is 268 g/mol. The maximum Gasteiger partial charge on any atom is 0.151 e. The fourth-order valence-corrected chi connectivity index (χ4v) is 2.65. The first kappa shape index (κ1) is 13.4. The van der Waals surface area contributed by atoms with E-state index < -0.39 is 0 Å². The van der Waals surface area contributed by atoms with Gasteiger partial charge in [-0.1, -0.05) is 11.6 Å². The van der Waals surface area contributed by atoms with Crippen molar-refractivity contribution < 1.29 is 0 Å². The zero-order valence-electron chi connectivity index (χ0n) is 11.1. The minimum atomic E-state index is 0.587. The summed E-state index contributed by atoms with van der Waals surface area (Å²) in [6, 6.07) is 1.76. The number of nitrogens with zero attached hydrogens (tertiary/aromatic N) is 3. The maximum atomic E-state index is 5.95. The van der Waals surface area contributed by atoms with Gasteiger partial charge in [0.05, 0.1) is 10.7 Å². The molecule has 0 unspecified atom stereocenters. The van der Waals surface area contributed by atoms with Crippen LogP contribution in [0.25, 0.3) is 0 Å². The van der Waals surface area contributed by atoms with E-state index in [9.17, 15) is 0 Å². The summed E-state index contributed by atoms with van der Waals surface area (Å²) in [5.74, 6) is 1.56. The van der Waals surface area contributed by atoms with E-state index in [-0.39, 0.29) is 0 Å². The minimum Gasteiger partial charge on any atom is -0.396 e. The first-order valence-corrected chi connectivity index (χ1v) is 6.74. The Labute approximate surface area is 114 Å². The largest absolute Gasteiger partial charge is 0.396 e. The van der Waals surface area contributed by atoms with Gasteiger partial charge in [0.1, 0.15) is 0 Å². The van der Waals surface area contributed by atoms with E-state index >= 15 is 0 Å². The van der Waals surface area contributed by atoms with Gasteiger partial charge in [0.2, 0.25) is 0 Å². The van der Waals surface area contributed by atoms with Crippen molar-refractivity contribution in [3.63, 3.8) is 0 Å². The first-order valence-electron chi connectivity index (χ1n) is 6.37. The average molecular weight is 269 g/mol. The van der Waals surface area contributed by atoms with Crippen LogP contribution in [0.1, 0.15) is 12.8 Å². The fraction of sp³-hybridized carbons (Fsp3) is 0.615. The van der Waals surface area contributed by atoms with E-state index in [1.165, 1.54) is 25.9 Å². The second-order valence-electron chi connectivity index (χ2n) is 5.19. The molecule has 0 aliphatic carbocycles. The molecule has 18 heavy (non-hydrogen) atoms. The quantitative estimate of drug-likeness (QED) is 0.912. The number of pyridine rings is 1. The maximum absolute atomic E-state index is 5.95. The highest BCUT2D eigenvalue weighted by atomic mass is 35.5. The Kier molecular flexibility index (Phi) is 4.30. The van der Waals surface area contributed by atoms with E-state index in [2.05, 4.69) is 21.8 Å². The Bertz CT molecular complexity index is 402. The van der Waals surface area contributed by atoms with Gasteiger partial charge in [-0.15, -0.1) is 0 Å². The summed E-state index contributed by atoms with van der Waals surface area (Å²) in [5.41, 5.74) is 6.60. The van der Waals surface area contributed by atoms with Crippen molar-refractivity contribution in [2.45, 2.75) is 12.8 Å². The van der Waals surface area contributed by atoms with Crippen LogP contribution in [0.3, 0.4) is 0 Å². The Morgan fingerprint density at radius 1 is 1.50 bits per heavy atom. The molecule has 1 saturated heterocycles. The van der Waals surface area contributed by atoms with Crippen molar-refractivity contribution in [3.05, 3.63) is 17.3 Å². The third-order valence-electron chi connectivity index (χ3n) is 3.59. The number of nitrogens with two attached hydrogens (primary N) is 1. The lowest BCUT2D eigenvalue weighted by Crippen LogP contribution is -2.36. The van der Waals surface area contributed by atoms with Crippen LogP contribution in [0.4, 0.5) is 11.5 Å². The molecule has 0 radical (unpaired) electrons. The van der Waals surface area contributed by atoms with Crippen molar-refractivity contribution in [2.75, 3.05) is 44.4 Å². The van der Waals surface area contributed by atoms with Crippen molar-refractivity contribution >= 4 is 23.1 Å². The molecule has 1 aromatic rings. The van der Waals surface area contributed by atoms with Crippen LogP contribution < -0.4 is 10.6 Å². The lowest BCUT2D eigenvalue weighted by atomic mass is 9.97. The van der Waals surface area contributed by atoms with Gasteiger partial charge in [0, 0.05) is 19.8 Å². The molecule has 2 N–H and O–H groups in total. The molecule has 2 rings (SSSR count). The van der Waals surface area contributed by atoms with Crippen LogP contribution in [0.2, 0.25) is 5.02 Å². The number of hydrogen-bond donors (Lipinski definition) is 1. The van der Waals surface area contributed by atoms with E-state index in [4.69, 9.17) is 17.3 Å². The molecule has 0 atom stereocenters. The van der Waals surface area contributed by atoms with Crippen molar-refractivity contribution in [2.24, 2.45) is 5.92 Å². The van der Waals surface area contributed by atoms with Gasteiger partial charge in [-0.2, -0.15) is 0 Å². The molecule has 0 aromatic carbocycles. The molecular formula is C13H21ClN4. The highest BCUT2D eigenvalue weighted by molar-refractivity contribution is 6.30. The van der Waals surface area contributed by atoms with Gasteiger partial charge < -0.3 is 15.5 Å². The number of hydrogen-bond acceptors (Lipinski definition) is 4. The summed E-state index contributed by atoms with van der Waals surface area (Å²) in [7, 11) is 4.23. The number of anilines is 2. The summed E-state index contributed by atoms with van der Waals surface area (Å²) in [6.45, 7) is 3.37. The predicted octanol–water partition coefficient (Wildman–Crippen LogP) is 2.10. The van der Waals surface area contributed by atoms with Crippen LogP contribution in [0.15, 0.2) is 12.3 Å². The molecule has 5 heteroatoms. The Balaban J connectivity index is 1.97. The van der Waals surface area contributed by atoms with Crippen LogP contribution in [-0.4, -0.2) is 43.6 Å². The molecule has 1 aromatic heterocycles. The van der Waals surface area contributed by atoms with Crippen LogP contribution in [0, 0.1) is 5.92 Å². The van der Waals surface area contributed by atoms with E-state index in [1.54, 1.807) is 12.3 Å². The lowest BCUT2D eigenvalue weighted by Gasteiger charge is -2.32. The zero-order valence-corrected chi connectivity index (χ0v) is 11.8. The topological polar surface area (TPSA) is 45.4 Å². The number of likely N-dealkylation sites (tertiary alicyclic amines) is 1. The third kappa shape index (κ3) is 3.27. The van der Waals surface area contributed by atoms with Crippen LogP contribution >= 0.6 is 11.6 Å². The molecule has 0 amide bonds. The van der Waals surface area contributed by atoms with Gasteiger partial charge >= 0.3 is 0 Å².